The van der Waals surface area contributed by atoms with Crippen molar-refractivity contribution in [2.24, 2.45) is 7.05 Å². The van der Waals surface area contributed by atoms with Crippen LogP contribution in [0.15, 0.2) is 42.9 Å². The summed E-state index contributed by atoms with van der Waals surface area (Å²) in [6, 6.07) is 7.91. The highest BCUT2D eigenvalue weighted by atomic mass is 35.5. The Hall–Kier alpha value is -2.46. The zero-order valence-corrected chi connectivity index (χ0v) is 13.0. The first-order valence-electron chi connectivity index (χ1n) is 6.97. The lowest BCUT2D eigenvalue weighted by Crippen LogP contribution is -1.90. The summed E-state index contributed by atoms with van der Waals surface area (Å²) in [5, 5.41) is 8.10. The molecule has 0 bridgehead atoms. The minimum atomic E-state index is 0.474. The number of hydrogen-bond acceptors (Lipinski definition) is 3. The van der Waals surface area contributed by atoms with Crippen molar-refractivity contribution in [3.8, 4) is 11.3 Å². The van der Waals surface area contributed by atoms with Crippen LogP contribution < -0.4 is 0 Å². The fraction of sp³-hybridized carbons (Fsp3) is 0.118. The average molecular weight is 309 g/mol. The van der Waals surface area contributed by atoms with Crippen LogP contribution >= 0.6 is 11.6 Å². The first-order valence-corrected chi connectivity index (χ1v) is 7.35. The normalized spacial score (nSPS) is 11.4. The highest BCUT2D eigenvalue weighted by molar-refractivity contribution is 6.30. The van der Waals surface area contributed by atoms with E-state index in [4.69, 9.17) is 11.6 Å². The molecule has 4 aromatic rings. The van der Waals surface area contributed by atoms with Crippen molar-refractivity contribution < 1.29 is 0 Å². The number of hydrogen-bond donors (Lipinski definition) is 0. The summed E-state index contributed by atoms with van der Waals surface area (Å²) in [6.45, 7) is 2.10. The van der Waals surface area contributed by atoms with E-state index in [2.05, 4.69) is 28.1 Å². The molecule has 5 heteroatoms. The minimum Gasteiger partial charge on any atom is -0.275 e. The second kappa shape index (κ2) is 4.78. The van der Waals surface area contributed by atoms with Crippen LogP contribution in [0.3, 0.4) is 0 Å². The molecule has 1 aromatic carbocycles. The Labute approximate surface area is 132 Å². The standard InChI is InChI=1S/C17H13ClN4/c1-10-12(3-4-15-14(10)9-22(2)21-15)17-13-7-16(18)20-8-11(13)5-6-19-17/h3-9H,1-2H3. The van der Waals surface area contributed by atoms with Crippen molar-refractivity contribution in [3.63, 3.8) is 0 Å². The summed E-state index contributed by atoms with van der Waals surface area (Å²) in [6.07, 6.45) is 5.62. The number of aryl methyl sites for hydroxylation is 2. The van der Waals surface area contributed by atoms with Gasteiger partial charge in [0, 0.05) is 47.4 Å². The Bertz CT molecular complexity index is 1020. The van der Waals surface area contributed by atoms with Crippen LogP contribution in [0.2, 0.25) is 5.15 Å². The molecule has 3 aromatic heterocycles. The third kappa shape index (κ3) is 1.96. The number of pyridine rings is 2. The number of fused-ring (bicyclic) bond motifs is 2. The first kappa shape index (κ1) is 13.2. The van der Waals surface area contributed by atoms with Crippen molar-refractivity contribution in [2.75, 3.05) is 0 Å². The zero-order chi connectivity index (χ0) is 15.3. The lowest BCUT2D eigenvalue weighted by Gasteiger charge is -2.09. The number of benzene rings is 1. The van der Waals surface area contributed by atoms with Crippen molar-refractivity contribution >= 4 is 33.3 Å². The van der Waals surface area contributed by atoms with E-state index in [1.54, 1.807) is 12.4 Å². The van der Waals surface area contributed by atoms with E-state index in [0.29, 0.717) is 5.15 Å². The molecule has 0 N–H and O–H groups in total. The zero-order valence-electron chi connectivity index (χ0n) is 12.2. The van der Waals surface area contributed by atoms with Gasteiger partial charge in [-0.1, -0.05) is 17.7 Å². The van der Waals surface area contributed by atoms with Gasteiger partial charge >= 0.3 is 0 Å². The molecule has 108 valence electrons. The van der Waals surface area contributed by atoms with Gasteiger partial charge in [0.15, 0.2) is 0 Å². The van der Waals surface area contributed by atoms with Gasteiger partial charge in [0.05, 0.1) is 11.2 Å². The van der Waals surface area contributed by atoms with Crippen LogP contribution in [-0.2, 0) is 7.05 Å². The molecule has 0 spiro atoms. The number of halogens is 1. The molecule has 4 rings (SSSR count). The fourth-order valence-electron chi connectivity index (χ4n) is 2.86. The van der Waals surface area contributed by atoms with Crippen LogP contribution in [0, 0.1) is 6.92 Å². The summed E-state index contributed by atoms with van der Waals surface area (Å²) in [5.74, 6) is 0. The van der Waals surface area contributed by atoms with Crippen molar-refractivity contribution in [2.45, 2.75) is 6.92 Å². The third-order valence-electron chi connectivity index (χ3n) is 3.94. The molecule has 22 heavy (non-hydrogen) atoms. The third-order valence-corrected chi connectivity index (χ3v) is 4.15. The van der Waals surface area contributed by atoms with Gasteiger partial charge in [-0.3, -0.25) is 9.67 Å². The number of nitrogens with zero attached hydrogens (tertiary/aromatic N) is 4. The van der Waals surface area contributed by atoms with Crippen LogP contribution in [0.1, 0.15) is 5.56 Å². The molecule has 0 atom stereocenters. The Balaban J connectivity index is 2.06. The molecular formula is C17H13ClN4. The molecule has 0 unspecified atom stereocenters. The van der Waals surface area contributed by atoms with Gasteiger partial charge in [0.2, 0.25) is 0 Å². The summed E-state index contributed by atoms with van der Waals surface area (Å²) in [5.41, 5.74) is 4.17. The monoisotopic (exact) mass is 308 g/mol. The molecule has 0 radical (unpaired) electrons. The van der Waals surface area contributed by atoms with Crippen LogP contribution in [0.4, 0.5) is 0 Å². The van der Waals surface area contributed by atoms with Crippen molar-refractivity contribution in [1.29, 1.82) is 0 Å². The van der Waals surface area contributed by atoms with Gasteiger partial charge < -0.3 is 0 Å². The molecule has 0 amide bonds. The van der Waals surface area contributed by atoms with Gasteiger partial charge in [-0.15, -0.1) is 0 Å². The van der Waals surface area contributed by atoms with E-state index in [-0.39, 0.29) is 0 Å². The predicted octanol–water partition coefficient (Wildman–Crippen LogP) is 4.15. The summed E-state index contributed by atoms with van der Waals surface area (Å²) < 4.78 is 1.83. The Morgan fingerprint density at radius 1 is 1.09 bits per heavy atom. The van der Waals surface area contributed by atoms with Crippen LogP contribution in [-0.4, -0.2) is 19.7 Å². The summed E-state index contributed by atoms with van der Waals surface area (Å²) >= 11 is 6.06. The van der Waals surface area contributed by atoms with Gasteiger partial charge in [0.1, 0.15) is 5.15 Å². The molecule has 0 fully saturated rings. The maximum absolute atomic E-state index is 6.06. The highest BCUT2D eigenvalue weighted by Crippen LogP contribution is 2.32. The Morgan fingerprint density at radius 3 is 2.82 bits per heavy atom. The molecule has 0 aliphatic heterocycles. The highest BCUT2D eigenvalue weighted by Gasteiger charge is 2.12. The molecular weight excluding hydrogens is 296 g/mol. The van der Waals surface area contributed by atoms with Gasteiger partial charge in [-0.25, -0.2) is 4.98 Å². The molecule has 3 heterocycles. The van der Waals surface area contributed by atoms with Gasteiger partial charge in [-0.05, 0) is 30.7 Å². The SMILES string of the molecule is Cc1c(-c2nccc3cnc(Cl)cc23)ccc2nn(C)cc12. The second-order valence-corrected chi connectivity index (χ2v) is 5.75. The van der Waals surface area contributed by atoms with Crippen molar-refractivity contribution in [1.82, 2.24) is 19.7 Å². The Morgan fingerprint density at radius 2 is 1.95 bits per heavy atom. The predicted molar refractivity (Wildman–Crippen MR) is 89.0 cm³/mol. The molecule has 0 saturated heterocycles. The van der Waals surface area contributed by atoms with Crippen LogP contribution in [0.5, 0.6) is 0 Å². The maximum Gasteiger partial charge on any atom is 0.129 e. The largest absolute Gasteiger partial charge is 0.275 e. The molecule has 0 saturated carbocycles. The smallest absolute Gasteiger partial charge is 0.129 e. The number of aromatic nitrogens is 4. The maximum atomic E-state index is 6.06. The van der Waals surface area contributed by atoms with E-state index in [1.807, 2.05) is 36.1 Å². The Kier molecular flexibility index (Phi) is 2.87. The second-order valence-electron chi connectivity index (χ2n) is 5.36. The van der Waals surface area contributed by atoms with E-state index in [1.165, 1.54) is 5.56 Å². The van der Waals surface area contributed by atoms with E-state index in [0.717, 1.165) is 32.9 Å². The summed E-state index contributed by atoms with van der Waals surface area (Å²) in [4.78, 5) is 8.72. The van der Waals surface area contributed by atoms with Crippen molar-refractivity contribution in [3.05, 3.63) is 53.6 Å². The first-order chi connectivity index (χ1) is 10.6. The van der Waals surface area contributed by atoms with E-state index >= 15 is 0 Å². The molecule has 0 aliphatic carbocycles. The average Bonchev–Trinajstić information content (AvgIpc) is 2.89. The van der Waals surface area contributed by atoms with Gasteiger partial charge in [0.25, 0.3) is 0 Å². The lowest BCUT2D eigenvalue weighted by molar-refractivity contribution is 0.779. The van der Waals surface area contributed by atoms with Gasteiger partial charge in [-0.2, -0.15) is 5.10 Å². The minimum absolute atomic E-state index is 0.474. The van der Waals surface area contributed by atoms with E-state index in [9.17, 15) is 0 Å². The summed E-state index contributed by atoms with van der Waals surface area (Å²) in [7, 11) is 1.93. The van der Waals surface area contributed by atoms with Crippen LogP contribution in [0.25, 0.3) is 32.9 Å². The lowest BCUT2D eigenvalue weighted by atomic mass is 9.98. The molecule has 0 aliphatic rings. The van der Waals surface area contributed by atoms with E-state index < -0.39 is 0 Å². The topological polar surface area (TPSA) is 43.6 Å². The molecule has 4 nitrogen and oxygen atoms in total. The number of rotatable bonds is 1. The fourth-order valence-corrected chi connectivity index (χ4v) is 3.02. The quantitative estimate of drug-likeness (QED) is 0.496.